The maximum atomic E-state index is 5.53. The van der Waals surface area contributed by atoms with Crippen molar-refractivity contribution in [3.63, 3.8) is 0 Å². The molecule has 0 amide bonds. The lowest BCUT2D eigenvalue weighted by Crippen LogP contribution is -2.03. The van der Waals surface area contributed by atoms with E-state index in [9.17, 15) is 0 Å². The van der Waals surface area contributed by atoms with Gasteiger partial charge in [-0.05, 0) is 25.1 Å². The average Bonchev–Trinajstić information content (AvgIpc) is 2.28. The zero-order chi connectivity index (χ0) is 12.1. The van der Waals surface area contributed by atoms with E-state index in [-0.39, 0.29) is 0 Å². The summed E-state index contributed by atoms with van der Waals surface area (Å²) in [4.78, 5) is 0. The van der Waals surface area contributed by atoms with Gasteiger partial charge in [0.1, 0.15) is 0 Å². The van der Waals surface area contributed by atoms with Crippen LogP contribution in [0.4, 0.5) is 0 Å². The van der Waals surface area contributed by atoms with Crippen LogP contribution in [-0.2, 0) is 4.74 Å². The predicted octanol–water partition coefficient (Wildman–Crippen LogP) is 5.27. The summed E-state index contributed by atoms with van der Waals surface area (Å²) in [7, 11) is 0. The van der Waals surface area contributed by atoms with Crippen molar-refractivity contribution in [2.45, 2.75) is 78.1 Å². The Morgan fingerprint density at radius 1 is 0.812 bits per heavy atom. The largest absolute Gasteiger partial charge is 0.487 e. The second-order valence-corrected chi connectivity index (χ2v) is 4.90. The monoisotopic (exact) mass is 244 g/mol. The quantitative estimate of drug-likeness (QED) is 0.361. The van der Waals surface area contributed by atoms with Crippen LogP contribution in [0.5, 0.6) is 0 Å². The molecule has 2 heteroatoms. The lowest BCUT2D eigenvalue weighted by Gasteiger charge is -2.06. The predicted molar refractivity (Wildman–Crippen MR) is 76.1 cm³/mol. The summed E-state index contributed by atoms with van der Waals surface area (Å²) in [5.41, 5.74) is 0. The summed E-state index contributed by atoms with van der Waals surface area (Å²) in [5, 5.41) is 0.821. The van der Waals surface area contributed by atoms with Gasteiger partial charge in [0.2, 0.25) is 0 Å². The molecule has 0 N–H and O–H groups in total. The van der Waals surface area contributed by atoms with Gasteiger partial charge in [0.15, 0.2) is 5.05 Å². The molecule has 0 aliphatic heterocycles. The molecule has 0 unspecified atom stereocenters. The minimum atomic E-state index is 0.821. The smallest absolute Gasteiger partial charge is 0.159 e. The van der Waals surface area contributed by atoms with Crippen molar-refractivity contribution in [2.75, 3.05) is 6.61 Å². The molecule has 0 rings (SSSR count). The first-order valence-corrected chi connectivity index (χ1v) is 7.37. The molecular formula is C14H28OS. The zero-order valence-electron chi connectivity index (χ0n) is 11.1. The SMILES string of the molecule is CCCCCCCCOC(=S)CCCCC. The minimum Gasteiger partial charge on any atom is -0.487 e. The second-order valence-electron chi connectivity index (χ2n) is 4.45. The van der Waals surface area contributed by atoms with Crippen molar-refractivity contribution >= 4 is 17.3 Å². The molecular weight excluding hydrogens is 216 g/mol. The maximum Gasteiger partial charge on any atom is 0.159 e. The van der Waals surface area contributed by atoms with E-state index in [0.29, 0.717) is 0 Å². The van der Waals surface area contributed by atoms with Gasteiger partial charge in [-0.2, -0.15) is 0 Å². The molecule has 0 saturated carbocycles. The molecule has 0 heterocycles. The van der Waals surface area contributed by atoms with Crippen LogP contribution >= 0.6 is 12.2 Å². The average molecular weight is 244 g/mol. The molecule has 0 aromatic rings. The van der Waals surface area contributed by atoms with Gasteiger partial charge in [0.05, 0.1) is 6.61 Å². The Hall–Kier alpha value is -0.110. The van der Waals surface area contributed by atoms with Crippen LogP contribution in [0.3, 0.4) is 0 Å². The molecule has 16 heavy (non-hydrogen) atoms. The lowest BCUT2D eigenvalue weighted by atomic mass is 10.1. The molecule has 96 valence electrons. The summed E-state index contributed by atoms with van der Waals surface area (Å²) in [6.07, 6.45) is 12.5. The van der Waals surface area contributed by atoms with E-state index in [0.717, 1.165) is 24.5 Å². The fourth-order valence-electron chi connectivity index (χ4n) is 1.66. The van der Waals surface area contributed by atoms with Gasteiger partial charge in [-0.25, -0.2) is 0 Å². The number of hydrogen-bond donors (Lipinski definition) is 0. The van der Waals surface area contributed by atoms with E-state index in [2.05, 4.69) is 13.8 Å². The molecule has 0 aliphatic carbocycles. The van der Waals surface area contributed by atoms with Crippen LogP contribution in [-0.4, -0.2) is 11.7 Å². The number of rotatable bonds is 11. The van der Waals surface area contributed by atoms with Gasteiger partial charge >= 0.3 is 0 Å². The second kappa shape index (κ2) is 13.0. The van der Waals surface area contributed by atoms with E-state index in [1.807, 2.05) is 0 Å². The standard InChI is InChI=1S/C14H28OS/c1-3-5-7-8-9-11-13-15-14(16)12-10-6-4-2/h3-13H2,1-2H3. The molecule has 0 bridgehead atoms. The van der Waals surface area contributed by atoms with Crippen molar-refractivity contribution in [1.82, 2.24) is 0 Å². The van der Waals surface area contributed by atoms with E-state index in [1.165, 1.54) is 51.4 Å². The first-order chi connectivity index (χ1) is 7.81. The van der Waals surface area contributed by atoms with Crippen LogP contribution in [0.15, 0.2) is 0 Å². The first kappa shape index (κ1) is 15.9. The van der Waals surface area contributed by atoms with Crippen LogP contribution in [0.1, 0.15) is 78.1 Å². The van der Waals surface area contributed by atoms with E-state index in [1.54, 1.807) is 0 Å². The highest BCUT2D eigenvalue weighted by molar-refractivity contribution is 7.80. The summed E-state index contributed by atoms with van der Waals surface area (Å²) < 4.78 is 5.53. The molecule has 0 aliphatic rings. The van der Waals surface area contributed by atoms with Gasteiger partial charge in [-0.1, -0.05) is 58.8 Å². The lowest BCUT2D eigenvalue weighted by molar-refractivity contribution is 0.291. The van der Waals surface area contributed by atoms with Crippen molar-refractivity contribution in [3.8, 4) is 0 Å². The molecule has 0 atom stereocenters. The Labute approximate surface area is 107 Å². The summed E-state index contributed by atoms with van der Waals surface area (Å²) in [6.45, 7) is 5.29. The van der Waals surface area contributed by atoms with Gasteiger partial charge < -0.3 is 4.74 Å². The molecule has 1 nitrogen and oxygen atoms in total. The van der Waals surface area contributed by atoms with Gasteiger partial charge in [-0.3, -0.25) is 0 Å². The first-order valence-electron chi connectivity index (χ1n) is 6.96. The number of thiocarbonyl (C=S) groups is 1. The maximum absolute atomic E-state index is 5.53. The number of ether oxygens (including phenoxy) is 1. The normalized spacial score (nSPS) is 10.4. The number of unbranched alkanes of at least 4 members (excludes halogenated alkanes) is 7. The molecule has 0 aromatic carbocycles. The van der Waals surface area contributed by atoms with Crippen molar-refractivity contribution in [1.29, 1.82) is 0 Å². The third kappa shape index (κ3) is 12.0. The fraction of sp³-hybridized carbons (Fsp3) is 0.929. The van der Waals surface area contributed by atoms with Crippen molar-refractivity contribution in [2.24, 2.45) is 0 Å². The molecule has 0 saturated heterocycles. The van der Waals surface area contributed by atoms with Gasteiger partial charge in [-0.15, -0.1) is 0 Å². The highest BCUT2D eigenvalue weighted by atomic mass is 32.1. The highest BCUT2D eigenvalue weighted by Crippen LogP contribution is 2.06. The Morgan fingerprint density at radius 3 is 2.06 bits per heavy atom. The summed E-state index contributed by atoms with van der Waals surface area (Å²) >= 11 is 5.16. The van der Waals surface area contributed by atoms with Crippen LogP contribution in [0, 0.1) is 0 Å². The van der Waals surface area contributed by atoms with Crippen LogP contribution < -0.4 is 0 Å². The van der Waals surface area contributed by atoms with E-state index in [4.69, 9.17) is 17.0 Å². The zero-order valence-corrected chi connectivity index (χ0v) is 11.9. The van der Waals surface area contributed by atoms with Gasteiger partial charge in [0, 0.05) is 6.42 Å². The molecule has 0 radical (unpaired) electrons. The fourth-order valence-corrected chi connectivity index (χ4v) is 1.89. The molecule has 0 spiro atoms. The highest BCUT2D eigenvalue weighted by Gasteiger charge is 1.97. The Balaban J connectivity index is 3.09. The van der Waals surface area contributed by atoms with Crippen LogP contribution in [0.25, 0.3) is 0 Å². The Bertz CT molecular complexity index is 157. The number of hydrogen-bond acceptors (Lipinski definition) is 2. The van der Waals surface area contributed by atoms with Gasteiger partial charge in [0.25, 0.3) is 0 Å². The molecule has 0 aromatic heterocycles. The van der Waals surface area contributed by atoms with E-state index >= 15 is 0 Å². The third-order valence-corrected chi connectivity index (χ3v) is 3.07. The van der Waals surface area contributed by atoms with Crippen LogP contribution in [0.2, 0.25) is 0 Å². The molecule has 0 fully saturated rings. The Kier molecular flexibility index (Phi) is 12.9. The topological polar surface area (TPSA) is 9.23 Å². The van der Waals surface area contributed by atoms with E-state index < -0.39 is 0 Å². The van der Waals surface area contributed by atoms with Crippen molar-refractivity contribution in [3.05, 3.63) is 0 Å². The van der Waals surface area contributed by atoms with Crippen molar-refractivity contribution < 1.29 is 4.74 Å². The Morgan fingerprint density at radius 2 is 1.38 bits per heavy atom. The summed E-state index contributed by atoms with van der Waals surface area (Å²) in [5.74, 6) is 0. The minimum absolute atomic E-state index is 0.821. The third-order valence-electron chi connectivity index (χ3n) is 2.75. The summed E-state index contributed by atoms with van der Waals surface area (Å²) in [6, 6.07) is 0.